The minimum Gasteiger partial charge on any atom is -0.726 e. The summed E-state index contributed by atoms with van der Waals surface area (Å²) in [5.41, 5.74) is 0.0380. The van der Waals surface area contributed by atoms with Crippen LogP contribution in [0.3, 0.4) is 0 Å². The molecule has 0 radical (unpaired) electrons. The Kier molecular flexibility index (Phi) is 10.7. The third-order valence-electron chi connectivity index (χ3n) is 11.6. The number of aliphatic hydroxyl groups is 4. The molecule has 37 heavy (non-hydrogen) atoms. The first kappa shape index (κ1) is 32.2. The van der Waals surface area contributed by atoms with Gasteiger partial charge in [-0.25, -0.2) is 8.42 Å². The second-order valence-electron chi connectivity index (χ2n) is 13.1. The summed E-state index contributed by atoms with van der Waals surface area (Å²) in [6, 6.07) is 0. The summed E-state index contributed by atoms with van der Waals surface area (Å²) < 4.78 is 36.5. The molecule has 4 fully saturated rings. The van der Waals surface area contributed by atoms with E-state index < -0.39 is 35.6 Å². The van der Waals surface area contributed by atoms with Crippen LogP contribution in [-0.4, -0.2) is 64.9 Å². The molecule has 210 valence electrons. The van der Waals surface area contributed by atoms with Crippen molar-refractivity contribution in [1.29, 1.82) is 0 Å². The Bertz CT molecular complexity index is 872. The number of hydrogen-bond donors (Lipinski definition) is 4. The van der Waals surface area contributed by atoms with Gasteiger partial charge in [-0.15, -0.1) is 0 Å². The van der Waals surface area contributed by atoms with Gasteiger partial charge >= 0.3 is 29.6 Å². The van der Waals surface area contributed by atoms with Crippen LogP contribution in [0.5, 0.6) is 0 Å². The maximum Gasteiger partial charge on any atom is 1.00 e. The van der Waals surface area contributed by atoms with Crippen LogP contribution in [0, 0.1) is 52.3 Å². The molecule has 0 spiro atoms. The molecule has 0 bridgehead atoms. The van der Waals surface area contributed by atoms with E-state index >= 15 is 0 Å². The molecule has 12 atom stereocenters. The maximum atomic E-state index is 11.7. The number of rotatable bonds is 9. The minimum atomic E-state index is -4.87. The topological polar surface area (TPSA) is 147 Å². The van der Waals surface area contributed by atoms with Crippen molar-refractivity contribution in [1.82, 2.24) is 0 Å². The van der Waals surface area contributed by atoms with Crippen molar-refractivity contribution >= 4 is 10.4 Å². The predicted molar refractivity (Wildman–Crippen MR) is 133 cm³/mol. The zero-order valence-corrected chi connectivity index (χ0v) is 25.9. The number of aliphatic hydroxyl groups excluding tert-OH is 4. The van der Waals surface area contributed by atoms with Gasteiger partial charge < -0.3 is 25.0 Å². The molecule has 0 amide bonds. The first-order valence-electron chi connectivity index (χ1n) is 14.1. The zero-order chi connectivity index (χ0) is 26.5. The van der Waals surface area contributed by atoms with Gasteiger partial charge in [0.15, 0.2) is 0 Å². The normalized spacial score (nSPS) is 44.1. The average molecular weight is 555 g/mol. The van der Waals surface area contributed by atoms with E-state index in [0.29, 0.717) is 42.4 Å². The Labute approximate surface area is 245 Å². The first-order valence-corrected chi connectivity index (χ1v) is 15.4. The Balaban J connectivity index is 0.00000380. The van der Waals surface area contributed by atoms with Crippen molar-refractivity contribution in [2.75, 3.05) is 13.2 Å². The van der Waals surface area contributed by atoms with Crippen molar-refractivity contribution < 1.29 is 67.1 Å². The Morgan fingerprint density at radius 1 is 1.03 bits per heavy atom. The fraction of sp³-hybridized carbons (Fsp3) is 1.00. The second kappa shape index (κ2) is 12.3. The van der Waals surface area contributed by atoms with Crippen molar-refractivity contribution in [3.8, 4) is 0 Å². The molecule has 0 aliphatic heterocycles. The fourth-order valence-electron chi connectivity index (χ4n) is 9.49. The molecular weight excluding hydrogens is 507 g/mol. The van der Waals surface area contributed by atoms with Gasteiger partial charge in [0.25, 0.3) is 0 Å². The first-order chi connectivity index (χ1) is 16.8. The monoisotopic (exact) mass is 554 g/mol. The van der Waals surface area contributed by atoms with Crippen molar-refractivity contribution in [3.05, 3.63) is 0 Å². The van der Waals surface area contributed by atoms with Gasteiger partial charge in [0.05, 0.1) is 31.5 Å². The zero-order valence-electron chi connectivity index (χ0n) is 23.1. The summed E-state index contributed by atoms with van der Waals surface area (Å²) in [7, 11) is -4.87. The summed E-state index contributed by atoms with van der Waals surface area (Å²) in [6.45, 7) is 5.89. The molecule has 4 saturated carbocycles. The number of hydrogen-bond acceptors (Lipinski definition) is 8. The van der Waals surface area contributed by atoms with Crippen LogP contribution in [0.1, 0.15) is 85.0 Å². The molecule has 0 aromatic heterocycles. The van der Waals surface area contributed by atoms with Gasteiger partial charge in [-0.1, -0.05) is 20.8 Å². The van der Waals surface area contributed by atoms with Crippen LogP contribution in [0.4, 0.5) is 0 Å². The molecular formula is C27H47NaO8S. The van der Waals surface area contributed by atoms with E-state index in [4.69, 9.17) is 0 Å². The molecule has 8 nitrogen and oxygen atoms in total. The molecule has 1 unspecified atom stereocenters. The maximum absolute atomic E-state index is 11.7. The third kappa shape index (κ3) is 6.31. The average Bonchev–Trinajstić information content (AvgIpc) is 3.17. The van der Waals surface area contributed by atoms with Crippen molar-refractivity contribution in [2.24, 2.45) is 52.3 Å². The SMILES string of the molecule is C[C@H](CC[C@@H](O)C(CO)COS(=O)(=O)[O-])[C@H]1CC[C@H]2[C@@H]3CC[C@@H]4C[C@H](O)CC[C@]4(C)[C@H]3C[C@H](O)[C@]12C.[Na+]. The number of fused-ring (bicyclic) bond motifs is 5. The second-order valence-corrected chi connectivity index (χ2v) is 14.2. The van der Waals surface area contributed by atoms with Gasteiger partial charge in [0.2, 0.25) is 10.4 Å². The van der Waals surface area contributed by atoms with E-state index in [-0.39, 0.29) is 58.5 Å². The van der Waals surface area contributed by atoms with Crippen LogP contribution >= 0.6 is 0 Å². The molecule has 4 N–H and O–H groups in total. The van der Waals surface area contributed by atoms with E-state index in [1.807, 2.05) is 0 Å². The molecule has 4 aliphatic carbocycles. The van der Waals surface area contributed by atoms with Gasteiger partial charge in [0.1, 0.15) is 0 Å². The molecule has 10 heteroatoms. The molecule has 4 aliphatic rings. The molecule has 0 heterocycles. The largest absolute Gasteiger partial charge is 1.00 e. The smallest absolute Gasteiger partial charge is 0.726 e. The van der Waals surface area contributed by atoms with E-state index in [9.17, 15) is 33.4 Å². The summed E-state index contributed by atoms with van der Waals surface area (Å²) in [5, 5.41) is 42.0. The van der Waals surface area contributed by atoms with Crippen LogP contribution in [-0.2, 0) is 14.6 Å². The van der Waals surface area contributed by atoms with Crippen LogP contribution in [0.15, 0.2) is 0 Å². The van der Waals surface area contributed by atoms with Gasteiger partial charge in [-0.2, -0.15) is 0 Å². The summed E-state index contributed by atoms with van der Waals surface area (Å²) in [4.78, 5) is 0. The Hall–Kier alpha value is 0.710. The van der Waals surface area contributed by atoms with Crippen LogP contribution in [0.25, 0.3) is 0 Å². The van der Waals surface area contributed by atoms with Crippen LogP contribution < -0.4 is 29.6 Å². The molecule has 0 saturated heterocycles. The standard InChI is InChI=1S/C27H48O8S.Na/c1-16(4-9-24(30)17(14-28)15-35-36(32,33)34)21-7-8-22-20-6-5-18-12-19(29)10-11-26(18,2)23(20)13-25(31)27(21,22)3;/h16-25,28-31H,4-15H2,1-3H3,(H,32,33,34);/q;+1/p-1/t16-,17?,18-,19-,20+,21-,22+,23+,24-,25+,26+,27-;/m1./s1. The van der Waals surface area contributed by atoms with Gasteiger partial charge in [0, 0.05) is 5.92 Å². The van der Waals surface area contributed by atoms with E-state index in [1.54, 1.807) is 0 Å². The van der Waals surface area contributed by atoms with E-state index in [2.05, 4.69) is 25.0 Å². The molecule has 0 aromatic carbocycles. The van der Waals surface area contributed by atoms with Gasteiger partial charge in [-0.3, -0.25) is 4.18 Å². The fourth-order valence-corrected chi connectivity index (χ4v) is 9.83. The molecule has 4 rings (SSSR count). The predicted octanol–water partition coefficient (Wildman–Crippen LogP) is -0.156. The third-order valence-corrected chi connectivity index (χ3v) is 12.1. The van der Waals surface area contributed by atoms with Crippen molar-refractivity contribution in [3.63, 3.8) is 0 Å². The summed E-state index contributed by atoms with van der Waals surface area (Å²) in [5.74, 6) is 1.90. The Morgan fingerprint density at radius 3 is 2.38 bits per heavy atom. The van der Waals surface area contributed by atoms with E-state index in [1.165, 1.54) is 12.8 Å². The summed E-state index contributed by atoms with van der Waals surface area (Å²) in [6.07, 6.45) is 7.74. The summed E-state index contributed by atoms with van der Waals surface area (Å²) >= 11 is 0. The van der Waals surface area contributed by atoms with Crippen molar-refractivity contribution in [2.45, 2.75) is 103 Å². The minimum absolute atomic E-state index is 0. The van der Waals surface area contributed by atoms with Gasteiger partial charge in [-0.05, 0) is 111 Å². The Morgan fingerprint density at radius 2 is 1.73 bits per heavy atom. The quantitative estimate of drug-likeness (QED) is 0.175. The van der Waals surface area contributed by atoms with Crippen LogP contribution in [0.2, 0.25) is 0 Å². The van der Waals surface area contributed by atoms with E-state index in [0.717, 1.165) is 38.5 Å². The molecule has 0 aromatic rings.